The van der Waals surface area contributed by atoms with Crippen molar-refractivity contribution >= 4 is 17.3 Å². The minimum atomic E-state index is 0.502. The fourth-order valence-corrected chi connectivity index (χ4v) is 2.47. The molecule has 0 radical (unpaired) electrons. The number of hydrogen-bond donors (Lipinski definition) is 1. The summed E-state index contributed by atoms with van der Waals surface area (Å²) in [5.74, 6) is 0.790. The van der Waals surface area contributed by atoms with Crippen molar-refractivity contribution in [3.8, 4) is 5.69 Å². The molecule has 1 heterocycles. The van der Waals surface area contributed by atoms with Gasteiger partial charge in [-0.1, -0.05) is 18.5 Å². The molecule has 2 aromatic rings. The van der Waals surface area contributed by atoms with E-state index in [9.17, 15) is 0 Å². The Bertz CT molecular complexity index is 550. The summed E-state index contributed by atoms with van der Waals surface area (Å²) in [7, 11) is 0. The Kier molecular flexibility index (Phi) is 3.38. The third-order valence-electron chi connectivity index (χ3n) is 3.54. The standard InChI is InChI=1S/C13H16ClN5/c1-2-12(9-3-4-9)16-13-7-10(5-6-11(13)14)19-8-15-17-18-19/h5-9,12,16H,2-4H2,1H3. The zero-order valence-electron chi connectivity index (χ0n) is 10.8. The van der Waals surface area contributed by atoms with Crippen LogP contribution in [0.4, 0.5) is 5.69 Å². The molecule has 1 fully saturated rings. The molecule has 0 saturated heterocycles. The molecule has 6 heteroatoms. The first kappa shape index (κ1) is 12.4. The highest BCUT2D eigenvalue weighted by Gasteiger charge is 2.30. The molecule has 19 heavy (non-hydrogen) atoms. The molecule has 100 valence electrons. The Labute approximate surface area is 117 Å². The summed E-state index contributed by atoms with van der Waals surface area (Å²) in [6.07, 6.45) is 5.31. The van der Waals surface area contributed by atoms with Gasteiger partial charge >= 0.3 is 0 Å². The molecule has 3 rings (SSSR count). The normalized spacial score (nSPS) is 16.3. The molecular weight excluding hydrogens is 262 g/mol. The second kappa shape index (κ2) is 5.17. The molecule has 1 atom stereocenters. The van der Waals surface area contributed by atoms with Crippen LogP contribution in [0, 0.1) is 5.92 Å². The monoisotopic (exact) mass is 277 g/mol. The Hall–Kier alpha value is -1.62. The quantitative estimate of drug-likeness (QED) is 0.913. The van der Waals surface area contributed by atoms with Crippen molar-refractivity contribution in [2.75, 3.05) is 5.32 Å². The fraction of sp³-hybridized carbons (Fsp3) is 0.462. The molecular formula is C13H16ClN5. The van der Waals surface area contributed by atoms with E-state index in [4.69, 9.17) is 11.6 Å². The highest BCUT2D eigenvalue weighted by molar-refractivity contribution is 6.33. The lowest BCUT2D eigenvalue weighted by atomic mass is 10.1. The first-order chi connectivity index (χ1) is 9.28. The minimum Gasteiger partial charge on any atom is -0.381 e. The molecule has 1 aliphatic rings. The van der Waals surface area contributed by atoms with E-state index in [1.807, 2.05) is 18.2 Å². The van der Waals surface area contributed by atoms with Gasteiger partial charge in [-0.25, -0.2) is 4.68 Å². The van der Waals surface area contributed by atoms with E-state index in [1.165, 1.54) is 12.8 Å². The van der Waals surface area contributed by atoms with E-state index in [2.05, 4.69) is 27.8 Å². The van der Waals surface area contributed by atoms with Crippen molar-refractivity contribution in [3.63, 3.8) is 0 Å². The number of halogens is 1. The molecule has 0 amide bonds. The average molecular weight is 278 g/mol. The number of tetrazole rings is 1. The first-order valence-electron chi connectivity index (χ1n) is 6.57. The Balaban J connectivity index is 1.85. The third kappa shape index (κ3) is 2.71. The number of rotatable bonds is 5. The summed E-state index contributed by atoms with van der Waals surface area (Å²) in [5.41, 5.74) is 1.86. The lowest BCUT2D eigenvalue weighted by Gasteiger charge is -2.19. The van der Waals surface area contributed by atoms with Crippen LogP contribution in [0.1, 0.15) is 26.2 Å². The number of aromatic nitrogens is 4. The average Bonchev–Trinajstić information content (AvgIpc) is 3.12. The van der Waals surface area contributed by atoms with Gasteiger partial charge in [0.05, 0.1) is 16.4 Å². The lowest BCUT2D eigenvalue weighted by molar-refractivity contribution is 0.616. The molecule has 1 aliphatic carbocycles. The molecule has 1 aromatic carbocycles. The van der Waals surface area contributed by atoms with E-state index < -0.39 is 0 Å². The second-order valence-corrected chi connectivity index (χ2v) is 5.32. The van der Waals surface area contributed by atoms with Crippen molar-refractivity contribution in [1.29, 1.82) is 0 Å². The summed E-state index contributed by atoms with van der Waals surface area (Å²) in [6.45, 7) is 2.20. The van der Waals surface area contributed by atoms with Crippen LogP contribution in [0.25, 0.3) is 5.69 Å². The van der Waals surface area contributed by atoms with Crippen molar-refractivity contribution in [1.82, 2.24) is 20.2 Å². The number of anilines is 1. The van der Waals surface area contributed by atoms with Gasteiger partial charge in [-0.05, 0) is 53.8 Å². The highest BCUT2D eigenvalue weighted by Crippen LogP contribution is 2.37. The molecule has 1 aromatic heterocycles. The topological polar surface area (TPSA) is 55.6 Å². The first-order valence-corrected chi connectivity index (χ1v) is 6.95. The number of nitrogens with one attached hydrogen (secondary N) is 1. The summed E-state index contributed by atoms with van der Waals surface area (Å²) in [4.78, 5) is 0. The van der Waals surface area contributed by atoms with Crippen LogP contribution in [0.3, 0.4) is 0 Å². The fourth-order valence-electron chi connectivity index (χ4n) is 2.30. The zero-order valence-corrected chi connectivity index (χ0v) is 11.5. The van der Waals surface area contributed by atoms with Crippen LogP contribution in [-0.4, -0.2) is 26.2 Å². The van der Waals surface area contributed by atoms with Crippen LogP contribution in [-0.2, 0) is 0 Å². The maximum absolute atomic E-state index is 6.26. The van der Waals surface area contributed by atoms with Gasteiger partial charge < -0.3 is 5.32 Å². The van der Waals surface area contributed by atoms with Crippen LogP contribution < -0.4 is 5.32 Å². The van der Waals surface area contributed by atoms with Gasteiger partial charge in [0.2, 0.25) is 0 Å². The van der Waals surface area contributed by atoms with Crippen LogP contribution in [0.5, 0.6) is 0 Å². The lowest BCUT2D eigenvalue weighted by Crippen LogP contribution is -2.21. The summed E-state index contributed by atoms with van der Waals surface area (Å²) in [5, 5.41) is 15.5. The second-order valence-electron chi connectivity index (χ2n) is 4.92. The van der Waals surface area contributed by atoms with Gasteiger partial charge in [-0.3, -0.25) is 0 Å². The van der Waals surface area contributed by atoms with Gasteiger partial charge in [0, 0.05) is 6.04 Å². The van der Waals surface area contributed by atoms with Crippen molar-refractivity contribution in [2.24, 2.45) is 5.92 Å². The molecule has 5 nitrogen and oxygen atoms in total. The largest absolute Gasteiger partial charge is 0.381 e. The maximum Gasteiger partial charge on any atom is 0.143 e. The molecule has 0 bridgehead atoms. The predicted octanol–water partition coefficient (Wildman–Crippen LogP) is 2.92. The minimum absolute atomic E-state index is 0.502. The summed E-state index contributed by atoms with van der Waals surface area (Å²) < 4.78 is 1.62. The van der Waals surface area contributed by atoms with Gasteiger partial charge in [0.25, 0.3) is 0 Å². The SMILES string of the molecule is CCC(Nc1cc(-n2cnnn2)ccc1Cl)C1CC1. The van der Waals surface area contributed by atoms with E-state index in [-0.39, 0.29) is 0 Å². The van der Waals surface area contributed by atoms with E-state index >= 15 is 0 Å². The van der Waals surface area contributed by atoms with Crippen molar-refractivity contribution in [2.45, 2.75) is 32.2 Å². The third-order valence-corrected chi connectivity index (χ3v) is 3.86. The van der Waals surface area contributed by atoms with Crippen LogP contribution in [0.2, 0.25) is 5.02 Å². The van der Waals surface area contributed by atoms with Crippen molar-refractivity contribution < 1.29 is 0 Å². The molecule has 1 saturated carbocycles. The van der Waals surface area contributed by atoms with Crippen LogP contribution >= 0.6 is 11.6 Å². The number of hydrogen-bond acceptors (Lipinski definition) is 4. The van der Waals surface area contributed by atoms with E-state index in [0.717, 1.165) is 28.7 Å². The molecule has 0 aliphatic heterocycles. The Morgan fingerprint density at radius 3 is 2.95 bits per heavy atom. The van der Waals surface area contributed by atoms with Gasteiger partial charge in [-0.15, -0.1) is 5.10 Å². The van der Waals surface area contributed by atoms with Gasteiger partial charge in [0.1, 0.15) is 6.33 Å². The number of nitrogens with zero attached hydrogens (tertiary/aromatic N) is 4. The zero-order chi connectivity index (χ0) is 13.2. The number of benzene rings is 1. The van der Waals surface area contributed by atoms with Gasteiger partial charge in [-0.2, -0.15) is 0 Å². The van der Waals surface area contributed by atoms with E-state index in [0.29, 0.717) is 6.04 Å². The maximum atomic E-state index is 6.26. The van der Waals surface area contributed by atoms with E-state index in [1.54, 1.807) is 11.0 Å². The predicted molar refractivity (Wildman–Crippen MR) is 74.6 cm³/mol. The molecule has 0 spiro atoms. The summed E-state index contributed by atoms with van der Waals surface area (Å²) >= 11 is 6.26. The van der Waals surface area contributed by atoms with Gasteiger partial charge in [0.15, 0.2) is 0 Å². The Morgan fingerprint density at radius 1 is 1.47 bits per heavy atom. The smallest absolute Gasteiger partial charge is 0.143 e. The summed E-state index contributed by atoms with van der Waals surface area (Å²) in [6, 6.07) is 6.27. The molecule has 1 N–H and O–H groups in total. The molecule has 1 unspecified atom stereocenters. The highest BCUT2D eigenvalue weighted by atomic mass is 35.5. The van der Waals surface area contributed by atoms with Crippen LogP contribution in [0.15, 0.2) is 24.5 Å². The van der Waals surface area contributed by atoms with Crippen molar-refractivity contribution in [3.05, 3.63) is 29.5 Å². The Morgan fingerprint density at radius 2 is 2.32 bits per heavy atom.